The Morgan fingerprint density at radius 1 is 1.50 bits per heavy atom. The van der Waals surface area contributed by atoms with Gasteiger partial charge in [0.2, 0.25) is 0 Å². The van der Waals surface area contributed by atoms with Gasteiger partial charge in [-0.2, -0.15) is 0 Å². The number of nitrogens with zero attached hydrogens (tertiary/aromatic N) is 3. The summed E-state index contributed by atoms with van der Waals surface area (Å²) in [5.74, 6) is 0.496. The second kappa shape index (κ2) is 5.58. The van der Waals surface area contributed by atoms with E-state index in [2.05, 4.69) is 10.2 Å². The molecule has 2 aromatic rings. The summed E-state index contributed by atoms with van der Waals surface area (Å²) < 4.78 is 12.3. The highest BCUT2D eigenvalue weighted by Gasteiger charge is 2.18. The zero-order valence-corrected chi connectivity index (χ0v) is 11.4. The van der Waals surface area contributed by atoms with Gasteiger partial charge in [-0.1, -0.05) is 0 Å². The van der Waals surface area contributed by atoms with Crippen molar-refractivity contribution in [2.24, 2.45) is 0 Å². The molecule has 1 unspecified atom stereocenters. The number of ether oxygens (including phenoxy) is 2. The SMILES string of the molecule is COC(=O)c1ccn2c(CC3CCCCO3)nnc2c1. The molecule has 0 spiro atoms. The van der Waals surface area contributed by atoms with Crippen LogP contribution in [0.15, 0.2) is 18.3 Å². The molecule has 3 rings (SSSR count). The van der Waals surface area contributed by atoms with E-state index in [0.29, 0.717) is 11.2 Å². The fourth-order valence-electron chi connectivity index (χ4n) is 2.50. The molecule has 0 aliphatic carbocycles. The number of methoxy groups -OCH3 is 1. The number of esters is 1. The quantitative estimate of drug-likeness (QED) is 0.796. The zero-order valence-electron chi connectivity index (χ0n) is 11.4. The second-order valence-electron chi connectivity index (χ2n) is 4.94. The summed E-state index contributed by atoms with van der Waals surface area (Å²) in [5.41, 5.74) is 1.13. The molecule has 2 aromatic heterocycles. The number of carbonyl (C=O) groups is 1. The van der Waals surface area contributed by atoms with E-state index in [0.717, 1.165) is 31.7 Å². The van der Waals surface area contributed by atoms with Crippen LogP contribution in [-0.2, 0) is 15.9 Å². The van der Waals surface area contributed by atoms with Crippen molar-refractivity contribution in [2.45, 2.75) is 31.8 Å². The number of fused-ring (bicyclic) bond motifs is 1. The molecule has 0 saturated carbocycles. The third-order valence-electron chi connectivity index (χ3n) is 3.59. The lowest BCUT2D eigenvalue weighted by Gasteiger charge is -2.21. The maximum Gasteiger partial charge on any atom is 0.338 e. The van der Waals surface area contributed by atoms with Crippen LogP contribution in [0.25, 0.3) is 5.65 Å². The highest BCUT2D eigenvalue weighted by molar-refractivity contribution is 5.90. The molecule has 20 heavy (non-hydrogen) atoms. The van der Waals surface area contributed by atoms with E-state index in [1.807, 2.05) is 4.40 Å². The van der Waals surface area contributed by atoms with Crippen LogP contribution >= 0.6 is 0 Å². The monoisotopic (exact) mass is 275 g/mol. The van der Waals surface area contributed by atoms with Crippen LogP contribution in [0.1, 0.15) is 35.4 Å². The van der Waals surface area contributed by atoms with Crippen molar-refractivity contribution in [3.05, 3.63) is 29.7 Å². The van der Waals surface area contributed by atoms with Crippen LogP contribution < -0.4 is 0 Å². The van der Waals surface area contributed by atoms with E-state index in [4.69, 9.17) is 9.47 Å². The van der Waals surface area contributed by atoms with Crippen LogP contribution in [0.4, 0.5) is 0 Å². The largest absolute Gasteiger partial charge is 0.465 e. The smallest absolute Gasteiger partial charge is 0.338 e. The molecule has 1 saturated heterocycles. The Labute approximate surface area is 116 Å². The Morgan fingerprint density at radius 3 is 3.15 bits per heavy atom. The van der Waals surface area contributed by atoms with E-state index in [9.17, 15) is 4.79 Å². The molecule has 6 nitrogen and oxygen atoms in total. The fourth-order valence-corrected chi connectivity index (χ4v) is 2.50. The van der Waals surface area contributed by atoms with Gasteiger partial charge in [-0.3, -0.25) is 4.40 Å². The molecule has 0 aromatic carbocycles. The average Bonchev–Trinajstić information content (AvgIpc) is 2.90. The number of hydrogen-bond donors (Lipinski definition) is 0. The van der Waals surface area contributed by atoms with Gasteiger partial charge in [0.15, 0.2) is 5.65 Å². The Kier molecular flexibility index (Phi) is 3.64. The molecule has 0 amide bonds. The Morgan fingerprint density at radius 2 is 2.40 bits per heavy atom. The van der Waals surface area contributed by atoms with Crippen molar-refractivity contribution in [3.63, 3.8) is 0 Å². The van der Waals surface area contributed by atoms with Crippen LogP contribution in [-0.4, -0.2) is 40.4 Å². The van der Waals surface area contributed by atoms with E-state index >= 15 is 0 Å². The van der Waals surface area contributed by atoms with Crippen molar-refractivity contribution in [1.29, 1.82) is 0 Å². The lowest BCUT2D eigenvalue weighted by Crippen LogP contribution is -2.22. The van der Waals surface area contributed by atoms with Crippen LogP contribution in [0.5, 0.6) is 0 Å². The molecule has 106 valence electrons. The minimum Gasteiger partial charge on any atom is -0.465 e. The lowest BCUT2D eigenvalue weighted by atomic mass is 10.1. The number of pyridine rings is 1. The highest BCUT2D eigenvalue weighted by atomic mass is 16.5. The predicted octanol–water partition coefficient (Wildman–Crippen LogP) is 1.63. The van der Waals surface area contributed by atoms with Crippen molar-refractivity contribution < 1.29 is 14.3 Å². The van der Waals surface area contributed by atoms with Crippen LogP contribution in [0.3, 0.4) is 0 Å². The number of rotatable bonds is 3. The Bertz CT molecular complexity index is 617. The summed E-state index contributed by atoms with van der Waals surface area (Å²) in [6, 6.07) is 3.40. The van der Waals surface area contributed by atoms with Crippen molar-refractivity contribution in [2.75, 3.05) is 13.7 Å². The Balaban J connectivity index is 1.84. The summed E-state index contributed by atoms with van der Waals surface area (Å²) in [6.45, 7) is 0.827. The highest BCUT2D eigenvalue weighted by Crippen LogP contribution is 2.17. The summed E-state index contributed by atoms with van der Waals surface area (Å²) >= 11 is 0. The minimum absolute atomic E-state index is 0.219. The second-order valence-corrected chi connectivity index (χ2v) is 4.94. The maximum absolute atomic E-state index is 11.5. The third kappa shape index (κ3) is 2.51. The maximum atomic E-state index is 11.5. The van der Waals surface area contributed by atoms with Gasteiger partial charge in [-0.05, 0) is 31.4 Å². The molecule has 1 fully saturated rings. The first kappa shape index (κ1) is 13.1. The zero-order chi connectivity index (χ0) is 13.9. The number of carbonyl (C=O) groups excluding carboxylic acids is 1. The Hall–Kier alpha value is -1.95. The van der Waals surface area contributed by atoms with Gasteiger partial charge in [0.25, 0.3) is 0 Å². The third-order valence-corrected chi connectivity index (χ3v) is 3.59. The topological polar surface area (TPSA) is 65.7 Å². The molecule has 3 heterocycles. The van der Waals surface area contributed by atoms with Gasteiger partial charge in [0.05, 0.1) is 18.8 Å². The standard InChI is InChI=1S/C14H17N3O3/c1-19-14(18)10-5-6-17-12(8-10)15-16-13(17)9-11-4-2-3-7-20-11/h5-6,8,11H,2-4,7,9H2,1H3. The minimum atomic E-state index is -0.368. The predicted molar refractivity (Wildman–Crippen MR) is 71.6 cm³/mol. The first-order valence-electron chi connectivity index (χ1n) is 6.81. The van der Waals surface area contributed by atoms with Crippen molar-refractivity contribution >= 4 is 11.6 Å². The molecule has 1 aliphatic heterocycles. The molecule has 1 atom stereocenters. The van der Waals surface area contributed by atoms with Gasteiger partial charge in [-0.25, -0.2) is 4.79 Å². The van der Waals surface area contributed by atoms with Gasteiger partial charge in [0.1, 0.15) is 5.82 Å². The molecular weight excluding hydrogens is 258 g/mol. The van der Waals surface area contributed by atoms with Gasteiger partial charge in [-0.15, -0.1) is 10.2 Å². The summed E-state index contributed by atoms with van der Waals surface area (Å²) in [6.07, 6.45) is 6.18. The molecule has 6 heteroatoms. The van der Waals surface area contributed by atoms with Crippen molar-refractivity contribution in [3.8, 4) is 0 Å². The van der Waals surface area contributed by atoms with Crippen molar-refractivity contribution in [1.82, 2.24) is 14.6 Å². The van der Waals surface area contributed by atoms with Gasteiger partial charge in [0, 0.05) is 19.2 Å². The van der Waals surface area contributed by atoms with E-state index in [1.165, 1.54) is 13.5 Å². The number of aromatic nitrogens is 3. The summed E-state index contributed by atoms with van der Waals surface area (Å²) in [7, 11) is 1.36. The first-order chi connectivity index (χ1) is 9.78. The molecule has 0 bridgehead atoms. The normalized spacial score (nSPS) is 19.1. The summed E-state index contributed by atoms with van der Waals surface area (Å²) in [5, 5.41) is 8.31. The van der Waals surface area contributed by atoms with Gasteiger partial charge < -0.3 is 9.47 Å². The molecule has 1 aliphatic rings. The van der Waals surface area contributed by atoms with Gasteiger partial charge >= 0.3 is 5.97 Å². The molecule has 0 radical (unpaired) electrons. The van der Waals surface area contributed by atoms with Crippen LogP contribution in [0, 0.1) is 0 Å². The first-order valence-corrected chi connectivity index (χ1v) is 6.81. The number of hydrogen-bond acceptors (Lipinski definition) is 5. The van der Waals surface area contributed by atoms with E-state index < -0.39 is 0 Å². The molecular formula is C14H17N3O3. The average molecular weight is 275 g/mol. The summed E-state index contributed by atoms with van der Waals surface area (Å²) in [4.78, 5) is 11.5. The van der Waals surface area contributed by atoms with E-state index in [-0.39, 0.29) is 12.1 Å². The lowest BCUT2D eigenvalue weighted by molar-refractivity contribution is 0.0155. The van der Waals surface area contributed by atoms with E-state index in [1.54, 1.807) is 18.3 Å². The van der Waals surface area contributed by atoms with Crippen LogP contribution in [0.2, 0.25) is 0 Å². The fraction of sp³-hybridized carbons (Fsp3) is 0.500. The molecule has 0 N–H and O–H groups in total.